The molecule has 0 unspecified atom stereocenters. The zero-order chi connectivity index (χ0) is 14.9. The third-order valence-corrected chi connectivity index (χ3v) is 4.60. The van der Waals surface area contributed by atoms with E-state index in [-0.39, 0.29) is 4.90 Å². The quantitative estimate of drug-likeness (QED) is 0.806. The number of aromatic nitrogens is 1. The molecule has 0 saturated carbocycles. The number of nitrogens with one attached hydrogen (secondary N) is 1. The average molecular weight is 298 g/mol. The molecule has 0 spiro atoms. The first-order valence-corrected chi connectivity index (χ1v) is 7.98. The minimum Gasteiger partial charge on any atom is -0.279 e. The molecule has 0 atom stereocenters. The van der Waals surface area contributed by atoms with Gasteiger partial charge in [-0.2, -0.15) is 0 Å². The minimum atomic E-state index is -3.60. The number of pyridine rings is 1. The lowest BCUT2D eigenvalue weighted by Crippen LogP contribution is -2.13. The van der Waals surface area contributed by atoms with Crippen LogP contribution in [0.25, 0.3) is 10.9 Å². The van der Waals surface area contributed by atoms with Crippen LogP contribution in [0.15, 0.2) is 65.7 Å². The van der Waals surface area contributed by atoms with E-state index in [0.29, 0.717) is 5.69 Å². The van der Waals surface area contributed by atoms with Crippen molar-refractivity contribution in [1.82, 2.24) is 4.98 Å². The van der Waals surface area contributed by atoms with E-state index in [0.717, 1.165) is 16.5 Å². The van der Waals surface area contributed by atoms with Crippen LogP contribution in [-0.2, 0) is 10.0 Å². The van der Waals surface area contributed by atoms with Crippen LogP contribution < -0.4 is 4.72 Å². The van der Waals surface area contributed by atoms with Gasteiger partial charge in [0.2, 0.25) is 0 Å². The largest absolute Gasteiger partial charge is 0.279 e. The number of hydrogen-bond donors (Lipinski definition) is 1. The fourth-order valence-electron chi connectivity index (χ4n) is 2.11. The second kappa shape index (κ2) is 5.18. The van der Waals surface area contributed by atoms with Gasteiger partial charge in [0.15, 0.2) is 0 Å². The van der Waals surface area contributed by atoms with Crippen molar-refractivity contribution in [3.05, 3.63) is 66.4 Å². The monoisotopic (exact) mass is 298 g/mol. The van der Waals surface area contributed by atoms with Crippen molar-refractivity contribution in [2.75, 3.05) is 4.72 Å². The van der Waals surface area contributed by atoms with Gasteiger partial charge < -0.3 is 0 Å². The van der Waals surface area contributed by atoms with Crippen molar-refractivity contribution in [2.45, 2.75) is 11.8 Å². The van der Waals surface area contributed by atoms with Crippen LogP contribution in [0.3, 0.4) is 0 Å². The Kier molecular flexibility index (Phi) is 3.35. The molecule has 4 nitrogen and oxygen atoms in total. The maximum Gasteiger partial charge on any atom is 0.261 e. The molecule has 1 aromatic heterocycles. The van der Waals surface area contributed by atoms with Gasteiger partial charge in [0.1, 0.15) is 0 Å². The highest BCUT2D eigenvalue weighted by molar-refractivity contribution is 7.92. The molecule has 0 radical (unpaired) electrons. The SMILES string of the molecule is Cc1ccc(S(=O)(=O)Nc2cccc3ncccc23)cc1. The molecule has 5 heteroatoms. The first-order valence-electron chi connectivity index (χ1n) is 6.49. The molecule has 0 amide bonds. The number of anilines is 1. The van der Waals surface area contributed by atoms with E-state index < -0.39 is 10.0 Å². The zero-order valence-corrected chi connectivity index (χ0v) is 12.3. The van der Waals surface area contributed by atoms with Gasteiger partial charge in [-0.25, -0.2) is 8.42 Å². The number of sulfonamides is 1. The van der Waals surface area contributed by atoms with Gasteiger partial charge in [-0.3, -0.25) is 9.71 Å². The molecule has 0 aliphatic carbocycles. The molecule has 106 valence electrons. The standard InChI is InChI=1S/C16H14N2O2S/c1-12-7-9-13(10-8-12)21(19,20)18-16-6-2-5-15-14(16)4-3-11-17-15/h2-11,18H,1H3. The summed E-state index contributed by atoms with van der Waals surface area (Å²) in [6.45, 7) is 1.92. The van der Waals surface area contributed by atoms with E-state index in [1.807, 2.05) is 19.1 Å². The van der Waals surface area contributed by atoms with Gasteiger partial charge in [0.25, 0.3) is 10.0 Å². The van der Waals surface area contributed by atoms with Gasteiger partial charge in [-0.05, 0) is 43.3 Å². The number of rotatable bonds is 3. The molecule has 1 N–H and O–H groups in total. The molecule has 0 fully saturated rings. The Morgan fingerprint density at radius 3 is 2.48 bits per heavy atom. The molecule has 0 aliphatic heterocycles. The summed E-state index contributed by atoms with van der Waals surface area (Å²) in [5.41, 5.74) is 2.30. The average Bonchev–Trinajstić information content (AvgIpc) is 2.48. The number of benzene rings is 2. The van der Waals surface area contributed by atoms with Crippen molar-refractivity contribution < 1.29 is 8.42 Å². The predicted molar refractivity (Wildman–Crippen MR) is 83.7 cm³/mol. The Morgan fingerprint density at radius 1 is 0.952 bits per heavy atom. The van der Waals surface area contributed by atoms with E-state index in [2.05, 4.69) is 9.71 Å². The third kappa shape index (κ3) is 2.73. The van der Waals surface area contributed by atoms with E-state index in [1.165, 1.54) is 0 Å². The fourth-order valence-corrected chi connectivity index (χ4v) is 3.19. The Labute approximate surface area is 123 Å². The molecule has 0 aliphatic rings. The summed E-state index contributed by atoms with van der Waals surface area (Å²) >= 11 is 0. The number of hydrogen-bond acceptors (Lipinski definition) is 3. The first-order chi connectivity index (χ1) is 10.1. The predicted octanol–water partition coefficient (Wildman–Crippen LogP) is 3.34. The van der Waals surface area contributed by atoms with Crippen molar-refractivity contribution >= 4 is 26.6 Å². The van der Waals surface area contributed by atoms with Crippen molar-refractivity contribution in [3.63, 3.8) is 0 Å². The van der Waals surface area contributed by atoms with Gasteiger partial charge >= 0.3 is 0 Å². The Balaban J connectivity index is 2.03. The Bertz CT molecular complexity index is 882. The summed E-state index contributed by atoms with van der Waals surface area (Å²) in [7, 11) is -3.60. The summed E-state index contributed by atoms with van der Waals surface area (Å²) in [5, 5.41) is 0.774. The van der Waals surface area contributed by atoms with E-state index in [4.69, 9.17) is 0 Å². The van der Waals surface area contributed by atoms with E-state index in [1.54, 1.807) is 48.7 Å². The molecular weight excluding hydrogens is 284 g/mol. The lowest BCUT2D eigenvalue weighted by atomic mass is 10.2. The van der Waals surface area contributed by atoms with E-state index in [9.17, 15) is 8.42 Å². The summed E-state index contributed by atoms with van der Waals surface area (Å²) < 4.78 is 27.5. The molecule has 2 aromatic carbocycles. The molecule has 1 heterocycles. The van der Waals surface area contributed by atoms with Crippen LogP contribution >= 0.6 is 0 Å². The second-order valence-corrected chi connectivity index (χ2v) is 6.48. The highest BCUT2D eigenvalue weighted by Gasteiger charge is 2.15. The fraction of sp³-hybridized carbons (Fsp3) is 0.0625. The summed E-state index contributed by atoms with van der Waals surface area (Å²) in [6.07, 6.45) is 1.68. The lowest BCUT2D eigenvalue weighted by molar-refractivity contribution is 0.601. The van der Waals surface area contributed by atoms with Crippen LogP contribution in [-0.4, -0.2) is 13.4 Å². The Morgan fingerprint density at radius 2 is 1.71 bits per heavy atom. The molecular formula is C16H14N2O2S. The highest BCUT2D eigenvalue weighted by Crippen LogP contribution is 2.24. The van der Waals surface area contributed by atoms with Crippen molar-refractivity contribution in [3.8, 4) is 0 Å². The van der Waals surface area contributed by atoms with E-state index >= 15 is 0 Å². The van der Waals surface area contributed by atoms with Crippen LogP contribution in [0.1, 0.15) is 5.56 Å². The lowest BCUT2D eigenvalue weighted by Gasteiger charge is -2.10. The van der Waals surface area contributed by atoms with Gasteiger partial charge in [-0.15, -0.1) is 0 Å². The van der Waals surface area contributed by atoms with Crippen molar-refractivity contribution in [2.24, 2.45) is 0 Å². The van der Waals surface area contributed by atoms with Gasteiger partial charge in [0.05, 0.1) is 16.1 Å². The first kappa shape index (κ1) is 13.6. The van der Waals surface area contributed by atoms with Crippen LogP contribution in [0, 0.1) is 6.92 Å². The maximum absolute atomic E-state index is 12.4. The van der Waals surface area contributed by atoms with Crippen LogP contribution in [0.5, 0.6) is 0 Å². The topological polar surface area (TPSA) is 59.1 Å². The van der Waals surface area contributed by atoms with Crippen molar-refractivity contribution in [1.29, 1.82) is 0 Å². The second-order valence-electron chi connectivity index (χ2n) is 4.79. The normalized spacial score (nSPS) is 11.5. The zero-order valence-electron chi connectivity index (χ0n) is 11.4. The molecule has 0 bridgehead atoms. The third-order valence-electron chi connectivity index (χ3n) is 3.22. The Hall–Kier alpha value is -2.40. The number of fused-ring (bicyclic) bond motifs is 1. The highest BCUT2D eigenvalue weighted by atomic mass is 32.2. The van der Waals surface area contributed by atoms with Gasteiger partial charge in [-0.1, -0.05) is 23.8 Å². The molecule has 3 rings (SSSR count). The molecule has 3 aromatic rings. The maximum atomic E-state index is 12.4. The van der Waals surface area contributed by atoms with Gasteiger partial charge in [0, 0.05) is 11.6 Å². The smallest absolute Gasteiger partial charge is 0.261 e. The summed E-state index contributed by atoms with van der Waals surface area (Å²) in [4.78, 5) is 4.47. The van der Waals surface area contributed by atoms with Crippen LogP contribution in [0.4, 0.5) is 5.69 Å². The summed E-state index contributed by atoms with van der Waals surface area (Å²) in [5.74, 6) is 0. The summed E-state index contributed by atoms with van der Waals surface area (Å²) in [6, 6.07) is 15.7. The number of nitrogens with zero attached hydrogens (tertiary/aromatic N) is 1. The molecule has 0 saturated heterocycles. The number of aryl methyl sites for hydroxylation is 1. The van der Waals surface area contributed by atoms with Crippen LogP contribution in [0.2, 0.25) is 0 Å². The minimum absolute atomic E-state index is 0.244. The molecule has 21 heavy (non-hydrogen) atoms.